The van der Waals surface area contributed by atoms with Crippen LogP contribution in [-0.2, 0) is 0 Å². The number of furan rings is 1. The molecule has 0 aliphatic carbocycles. The molecule has 4 aromatic rings. The fourth-order valence-corrected chi connectivity index (χ4v) is 3.10. The largest absolute Gasteiger partial charge is 0.459 e. The Labute approximate surface area is 156 Å². The number of anilines is 2. The van der Waals surface area contributed by atoms with E-state index in [1.54, 1.807) is 42.5 Å². The summed E-state index contributed by atoms with van der Waals surface area (Å²) in [4.78, 5) is 24.9. The van der Waals surface area contributed by atoms with Gasteiger partial charge < -0.3 is 15.1 Å². The molecule has 0 saturated heterocycles. The smallest absolute Gasteiger partial charge is 0.291 e. The Balaban J connectivity index is 1.44. The summed E-state index contributed by atoms with van der Waals surface area (Å²) in [7, 11) is 0. The van der Waals surface area contributed by atoms with Crippen molar-refractivity contribution in [1.29, 1.82) is 0 Å². The van der Waals surface area contributed by atoms with Crippen LogP contribution in [0.5, 0.6) is 0 Å². The summed E-state index contributed by atoms with van der Waals surface area (Å²) in [5.74, 6) is -0.455. The summed E-state index contributed by atoms with van der Waals surface area (Å²) in [5.41, 5.74) is 1.32. The fourth-order valence-electron chi connectivity index (χ4n) is 2.31. The molecule has 2 amide bonds. The van der Waals surface area contributed by atoms with Gasteiger partial charge in [-0.1, -0.05) is 6.07 Å². The molecule has 9 nitrogen and oxygen atoms in total. The van der Waals surface area contributed by atoms with Crippen LogP contribution in [0.15, 0.2) is 65.5 Å². The summed E-state index contributed by atoms with van der Waals surface area (Å²) in [6.45, 7) is 0. The van der Waals surface area contributed by atoms with E-state index in [9.17, 15) is 9.59 Å². The summed E-state index contributed by atoms with van der Waals surface area (Å²) in [5, 5.41) is 17.0. The van der Waals surface area contributed by atoms with Crippen LogP contribution in [0.4, 0.5) is 10.7 Å². The van der Waals surface area contributed by atoms with Crippen LogP contribution in [0.2, 0.25) is 0 Å². The van der Waals surface area contributed by atoms with E-state index >= 15 is 0 Å². The van der Waals surface area contributed by atoms with E-state index in [0.29, 0.717) is 15.6 Å². The summed E-state index contributed by atoms with van der Waals surface area (Å²) < 4.78 is 6.53. The van der Waals surface area contributed by atoms with Gasteiger partial charge in [0, 0.05) is 5.69 Å². The molecule has 2 N–H and O–H groups in total. The molecule has 0 saturated carbocycles. The predicted molar refractivity (Wildman–Crippen MR) is 98.1 cm³/mol. The fraction of sp³-hybridized carbons (Fsp3) is 0. The molecule has 0 radical (unpaired) electrons. The lowest BCUT2D eigenvalue weighted by Crippen LogP contribution is -2.11. The van der Waals surface area contributed by atoms with Crippen molar-refractivity contribution >= 4 is 33.8 Å². The number of carbonyl (C=O) groups is 2. The van der Waals surface area contributed by atoms with E-state index in [-0.39, 0.29) is 17.6 Å². The molecule has 0 bridgehead atoms. The molecule has 27 heavy (non-hydrogen) atoms. The lowest BCUT2D eigenvalue weighted by atomic mass is 10.2. The van der Waals surface area contributed by atoms with Crippen LogP contribution < -0.4 is 10.6 Å². The Bertz CT molecular complexity index is 1070. The maximum absolute atomic E-state index is 12.5. The molecule has 3 heterocycles. The second-order valence-electron chi connectivity index (χ2n) is 5.35. The van der Waals surface area contributed by atoms with Crippen LogP contribution in [-0.4, -0.2) is 32.0 Å². The normalized spacial score (nSPS) is 10.5. The maximum Gasteiger partial charge on any atom is 0.291 e. The van der Waals surface area contributed by atoms with Gasteiger partial charge in [-0.2, -0.15) is 0 Å². The lowest BCUT2D eigenvalue weighted by molar-refractivity contribution is 0.0995. The Morgan fingerprint density at radius 2 is 1.96 bits per heavy atom. The minimum absolute atomic E-state index is 0.203. The number of nitrogens with one attached hydrogen (secondary N) is 2. The van der Waals surface area contributed by atoms with Gasteiger partial charge in [0.2, 0.25) is 0 Å². The van der Waals surface area contributed by atoms with Gasteiger partial charge in [0.25, 0.3) is 11.8 Å². The van der Waals surface area contributed by atoms with Crippen molar-refractivity contribution in [3.8, 4) is 5.69 Å². The third-order valence-electron chi connectivity index (χ3n) is 3.53. The number of hydrogen-bond donors (Lipinski definition) is 2. The average molecular weight is 380 g/mol. The van der Waals surface area contributed by atoms with E-state index in [0.717, 1.165) is 17.0 Å². The van der Waals surface area contributed by atoms with Gasteiger partial charge in [-0.05, 0) is 52.9 Å². The molecule has 0 fully saturated rings. The van der Waals surface area contributed by atoms with Crippen molar-refractivity contribution in [2.24, 2.45) is 0 Å². The summed E-state index contributed by atoms with van der Waals surface area (Å²) >= 11 is 1.16. The number of nitrogens with zero attached hydrogens (tertiary/aromatic N) is 4. The zero-order valence-corrected chi connectivity index (χ0v) is 14.5. The molecule has 3 aromatic heterocycles. The molecule has 10 heteroatoms. The number of rotatable bonds is 5. The summed E-state index contributed by atoms with van der Waals surface area (Å²) in [6.07, 6.45) is 2.89. The molecule has 1 aromatic carbocycles. The first-order chi connectivity index (χ1) is 13.2. The zero-order chi connectivity index (χ0) is 18.6. The molecule has 134 valence electrons. The number of amides is 2. The molecule has 0 unspecified atom stereocenters. The number of benzene rings is 1. The maximum atomic E-state index is 12.5. The Morgan fingerprint density at radius 3 is 2.74 bits per heavy atom. The number of aromatic nitrogens is 4. The number of hydrogen-bond acceptors (Lipinski definition) is 7. The third kappa shape index (κ3) is 3.75. The highest BCUT2D eigenvalue weighted by Gasteiger charge is 2.14. The number of thiophene rings is 1. The van der Waals surface area contributed by atoms with Gasteiger partial charge >= 0.3 is 0 Å². The third-order valence-corrected chi connectivity index (χ3v) is 4.53. The Kier molecular flexibility index (Phi) is 4.45. The van der Waals surface area contributed by atoms with E-state index < -0.39 is 0 Å². The van der Waals surface area contributed by atoms with E-state index in [2.05, 4.69) is 26.2 Å². The standard InChI is InChI=1S/C17H12N6O3S/c24-16(13-5-2-8-26-13)20-15-7-6-14(27-15)17(25)19-11-3-1-4-12(9-11)23-10-18-21-22-23/h1-10H,(H,19,25)(H,20,24). The highest BCUT2D eigenvalue weighted by Crippen LogP contribution is 2.24. The van der Waals surface area contributed by atoms with Gasteiger partial charge in [0.1, 0.15) is 6.33 Å². The molecule has 0 aliphatic rings. The molecule has 0 spiro atoms. The van der Waals surface area contributed by atoms with Crippen molar-refractivity contribution in [2.75, 3.05) is 10.6 Å². The van der Waals surface area contributed by atoms with Crippen molar-refractivity contribution in [1.82, 2.24) is 20.2 Å². The molecule has 0 atom stereocenters. The van der Waals surface area contributed by atoms with Crippen molar-refractivity contribution < 1.29 is 14.0 Å². The first-order valence-corrected chi connectivity index (χ1v) is 8.60. The second-order valence-corrected chi connectivity index (χ2v) is 6.44. The van der Waals surface area contributed by atoms with Gasteiger partial charge in [-0.25, -0.2) is 4.68 Å². The van der Waals surface area contributed by atoms with Crippen LogP contribution in [0, 0.1) is 0 Å². The van der Waals surface area contributed by atoms with E-state index in [1.807, 2.05) is 6.07 Å². The van der Waals surface area contributed by atoms with Gasteiger partial charge in [-0.15, -0.1) is 16.4 Å². The van der Waals surface area contributed by atoms with Gasteiger partial charge in [0.15, 0.2) is 5.76 Å². The lowest BCUT2D eigenvalue weighted by Gasteiger charge is -2.06. The van der Waals surface area contributed by atoms with Crippen molar-refractivity contribution in [3.63, 3.8) is 0 Å². The highest BCUT2D eigenvalue weighted by atomic mass is 32.1. The van der Waals surface area contributed by atoms with Crippen LogP contribution in [0.1, 0.15) is 20.2 Å². The quantitative estimate of drug-likeness (QED) is 0.550. The van der Waals surface area contributed by atoms with Crippen LogP contribution in [0.25, 0.3) is 5.69 Å². The highest BCUT2D eigenvalue weighted by molar-refractivity contribution is 7.18. The van der Waals surface area contributed by atoms with Crippen molar-refractivity contribution in [2.45, 2.75) is 0 Å². The topological polar surface area (TPSA) is 115 Å². The van der Waals surface area contributed by atoms with Gasteiger partial charge in [0.05, 0.1) is 21.8 Å². The number of carbonyl (C=O) groups excluding carboxylic acids is 2. The molecule has 4 rings (SSSR count). The van der Waals surface area contributed by atoms with Crippen LogP contribution in [0.3, 0.4) is 0 Å². The first-order valence-electron chi connectivity index (χ1n) is 7.78. The molecular formula is C17H12N6O3S. The zero-order valence-electron chi connectivity index (χ0n) is 13.7. The molecule has 0 aliphatic heterocycles. The monoisotopic (exact) mass is 380 g/mol. The Hall–Kier alpha value is -3.79. The van der Waals surface area contributed by atoms with Crippen LogP contribution >= 0.6 is 11.3 Å². The average Bonchev–Trinajstić information content (AvgIpc) is 3.43. The number of tetrazole rings is 1. The van der Waals surface area contributed by atoms with Gasteiger partial charge in [-0.3, -0.25) is 9.59 Å². The second kappa shape index (κ2) is 7.22. The van der Waals surface area contributed by atoms with E-state index in [4.69, 9.17) is 4.42 Å². The first kappa shape index (κ1) is 16.7. The summed E-state index contributed by atoms with van der Waals surface area (Å²) in [6, 6.07) is 13.6. The Morgan fingerprint density at radius 1 is 1.04 bits per heavy atom. The van der Waals surface area contributed by atoms with E-state index in [1.165, 1.54) is 17.3 Å². The SMILES string of the molecule is O=C(Nc1ccc(C(=O)Nc2cccc(-n3cnnn3)c2)s1)c1ccco1. The molecular weight excluding hydrogens is 368 g/mol. The minimum Gasteiger partial charge on any atom is -0.459 e. The minimum atomic E-state index is -0.372. The van der Waals surface area contributed by atoms with Crippen molar-refractivity contribution in [3.05, 3.63) is 71.8 Å². The predicted octanol–water partition coefficient (Wildman–Crippen LogP) is 2.82.